The highest BCUT2D eigenvalue weighted by Crippen LogP contribution is 2.49. The lowest BCUT2D eigenvalue weighted by molar-refractivity contribution is -0.106. The molecule has 0 aliphatic carbocycles. The lowest BCUT2D eigenvalue weighted by Crippen LogP contribution is -2.31. The molecular weight excluding hydrogens is 1730 g/mol. The van der Waals surface area contributed by atoms with Gasteiger partial charge >= 0.3 is 5.82 Å². The summed E-state index contributed by atoms with van der Waals surface area (Å²) >= 11 is 16.9. The number of hydrazine groups is 1. The van der Waals surface area contributed by atoms with Gasteiger partial charge in [-0.05, 0) is 168 Å². The molecule has 10 unspecified atom stereocenters. The number of carbonyl (C=O) groups excluding carboxylic acids is 2. The summed E-state index contributed by atoms with van der Waals surface area (Å²) in [5.41, 5.74) is 21.5. The molecule has 41 nitrogen and oxygen atoms in total. The minimum Gasteiger partial charge on any atom is -0.498 e. The second-order valence-corrected chi connectivity index (χ2v) is 30.7. The molecule has 3 aliphatic rings. The number of anilines is 2. The third-order valence-corrected chi connectivity index (χ3v) is 21.3. The molecule has 0 aromatic carbocycles. The fraction of sp³-hybridized carbons (Fsp3) is 0.378. The van der Waals surface area contributed by atoms with E-state index in [-0.39, 0.29) is 48.3 Å². The van der Waals surface area contributed by atoms with Crippen molar-refractivity contribution in [2.24, 2.45) is 34.2 Å². The topological polar surface area (TPSA) is 556 Å². The number of H-pyrrole nitrogens is 2. The summed E-state index contributed by atoms with van der Waals surface area (Å²) in [5.74, 6) is 13.5. The maximum absolute atomic E-state index is 10.2. The molecule has 13 aromatic rings. The van der Waals surface area contributed by atoms with E-state index < -0.39 is 31.3 Å². The summed E-state index contributed by atoms with van der Waals surface area (Å²) in [6, 6.07) is 23.6. The van der Waals surface area contributed by atoms with Gasteiger partial charge in [-0.25, -0.2) is 53.8 Å². The number of fused-ring (bicyclic) bond motifs is 3. The molecule has 10 atom stereocenters. The average molecular weight is 1830 g/mol. The summed E-state index contributed by atoms with van der Waals surface area (Å²) in [6.45, 7) is 39.4. The highest BCUT2D eigenvalue weighted by molar-refractivity contribution is 7.78. The number of hydrogen-bond donors (Lipinski definition) is 9. The quantitative estimate of drug-likeness (QED) is 0.00292. The summed E-state index contributed by atoms with van der Waals surface area (Å²) < 4.78 is 64.2. The van der Waals surface area contributed by atoms with E-state index in [1.54, 1.807) is 89.5 Å². The largest absolute Gasteiger partial charge is 0.565 e. The third-order valence-electron chi connectivity index (χ3n) is 18.4. The van der Waals surface area contributed by atoms with Crippen LogP contribution in [-0.2, 0) is 28.3 Å². The van der Waals surface area contributed by atoms with Crippen LogP contribution in [0.1, 0.15) is 128 Å². The van der Waals surface area contributed by atoms with E-state index in [4.69, 9.17) is 126 Å². The number of aliphatic hydroxyl groups excluding tert-OH is 2. The SMILES string of the molecule is CC(C)N(C(C)C)P(Cl)OCCC#N.CCC1OC(Cl)CC1C.CCC1OC(n2nc(-c3ccco3)c3c(N)ncnc32)CC1C.CN(C)C=Nc1ncnc2c1c(-c1ccco1)nn2C1CC(O)C(CO)O1.NC=O.NN.Nc1ncnc2n[nH]c(-c3ccco3)c12.O=C(Cl)c1ccco1.[C-]#[N+]C([N+]#[C-])=C(OC)c1ccco1.[C-]#[N+]c1c(-c2ccco2)n[nH]c1C. The Balaban J connectivity index is 0.000000203. The number of alkyl halides is 1. The number of ether oxygens (including phenoxy) is 4. The van der Waals surface area contributed by atoms with Crippen molar-refractivity contribution < 1.29 is 69.8 Å². The van der Waals surface area contributed by atoms with Gasteiger partial charge in [0.2, 0.25) is 19.7 Å². The van der Waals surface area contributed by atoms with Gasteiger partial charge in [-0.3, -0.25) is 31.5 Å². The Morgan fingerprint density at radius 2 is 1.20 bits per heavy atom. The molecule has 3 aliphatic heterocycles. The number of methoxy groups -OCH3 is 1. The Bertz CT molecular complexity index is 5660. The Morgan fingerprint density at radius 3 is 1.65 bits per heavy atom. The number of amides is 1. The average Bonchev–Trinajstić information content (AvgIpc) is 1.61. The van der Waals surface area contributed by atoms with Gasteiger partial charge < -0.3 is 82.3 Å². The number of carbonyl (C=O) groups is 2. The van der Waals surface area contributed by atoms with Gasteiger partial charge in [0, 0.05) is 38.3 Å². The van der Waals surface area contributed by atoms with Crippen LogP contribution < -0.4 is 28.9 Å². The summed E-state index contributed by atoms with van der Waals surface area (Å²) in [4.78, 5) is 59.4. The standard InChI is InChI=1S/C17H20N6O4.C16H19N5O2.C9H18ClN2OP.C9H7N5O.C9H7N3O.C9H6N2O2.C7H13ClO.C5H3ClO2.CH3NO.H4N2/c1-22(2)9-20-16-14-15(11-4-3-5-26-11)21-23(17(14)19-8-18-16)13-6-10(25)12(7-24)27-13;1-3-10-9(2)7-12(23-10)21-16-13(15(17)18-8-19-16)14(20-21)11-5-4-6-22-11;1-8(2)12(9(3)4)14(10)13-7-5-6-11;10-8-6-7(5-2-1-3-15-5)13-14-9(6)12-4-11-8;1-6-8(10-2)9(12-11-6)7-4-3-5-13-7;1-10-9(11-2)8(12-3)7-5-4-6-13-7;1-3-6-5(2)4-7(8)9-6;6-5(7)4-2-1-3-8-4;2-1-3;1-2/h3-5,8-10,12-13,24-25H,6-7H2,1-2H3;4-6,8-10,12H,3,7H2,1-2H3,(H2,17,18,19);8-9H,5,7H2,1-4H3;1-4H,(H3,10,11,12,13,14);3-5H,1H3,(H,11,12);4-6H,3H3;5-7H,3-4H2,1-2H3;1-3H;1H,(H2,2,3);1-2H2. The molecule has 0 radical (unpaired) electrons. The molecule has 3 fully saturated rings. The smallest absolute Gasteiger partial charge is 0.498 e. The molecule has 16 heterocycles. The number of furan rings is 6. The number of halogens is 3. The second kappa shape index (κ2) is 51.6. The van der Waals surface area contributed by atoms with Crippen molar-refractivity contribution in [2.45, 2.75) is 155 Å². The van der Waals surface area contributed by atoms with Crippen LogP contribution in [0.2, 0.25) is 0 Å². The van der Waals surface area contributed by atoms with E-state index in [9.17, 15) is 15.0 Å². The number of nitrogen functional groups attached to an aromatic ring is 2. The number of aliphatic hydroxyl groups is 2. The highest BCUT2D eigenvalue weighted by Gasteiger charge is 2.38. The number of primary amides is 1. The number of nitrogens with one attached hydrogen (secondary N) is 2. The van der Waals surface area contributed by atoms with Gasteiger partial charge in [-0.15, -0.1) is 0 Å². The van der Waals surface area contributed by atoms with E-state index in [1.807, 2.05) is 50.0 Å². The molecule has 0 spiro atoms. The molecule has 674 valence electrons. The number of aliphatic imine (C=N–C) groups is 1. The van der Waals surface area contributed by atoms with E-state index in [0.29, 0.717) is 157 Å². The van der Waals surface area contributed by atoms with Gasteiger partial charge in [0.05, 0.1) is 118 Å². The minimum absolute atomic E-state index is 0.0232. The first-order chi connectivity index (χ1) is 61.2. The van der Waals surface area contributed by atoms with Crippen LogP contribution in [-0.4, -0.2) is 184 Å². The highest BCUT2D eigenvalue weighted by atomic mass is 35.7. The maximum Gasteiger partial charge on any atom is 0.565 e. The molecule has 0 saturated carbocycles. The predicted molar refractivity (Wildman–Crippen MR) is 476 cm³/mol. The van der Waals surface area contributed by atoms with Crippen molar-refractivity contribution >= 4 is 122 Å². The molecule has 127 heavy (non-hydrogen) atoms. The van der Waals surface area contributed by atoms with Crippen molar-refractivity contribution in [3.63, 3.8) is 0 Å². The van der Waals surface area contributed by atoms with Gasteiger partial charge in [0.1, 0.15) is 84.0 Å². The number of hydrogen-bond acceptors (Lipinski definition) is 32. The van der Waals surface area contributed by atoms with Crippen molar-refractivity contribution in [3.05, 3.63) is 187 Å². The zero-order valence-corrected chi connectivity index (χ0v) is 74.6. The lowest BCUT2D eigenvalue weighted by atomic mass is 10.0. The fourth-order valence-electron chi connectivity index (χ4n) is 12.7. The van der Waals surface area contributed by atoms with Crippen molar-refractivity contribution in [3.8, 4) is 51.9 Å². The first-order valence-corrected chi connectivity index (χ1v) is 42.1. The molecule has 16 rings (SSSR count). The normalized spacial score (nSPS) is 17.8. The number of aromatic nitrogens is 14. The number of nitrogens with two attached hydrogens (primary N) is 5. The molecule has 45 heteroatoms. The number of aryl methyl sites for hydroxylation is 1. The zero-order valence-electron chi connectivity index (χ0n) is 71.5. The molecule has 14 N–H and O–H groups in total. The van der Waals surface area contributed by atoms with Crippen LogP contribution in [0.15, 0.2) is 167 Å². The molecule has 13 aromatic heterocycles. The molecule has 0 bridgehead atoms. The second-order valence-electron chi connectivity index (χ2n) is 27.8. The van der Waals surface area contributed by atoms with E-state index >= 15 is 0 Å². The van der Waals surface area contributed by atoms with Crippen LogP contribution in [0, 0.1) is 49.8 Å². The molecular formula is C82H100Cl3N26O15P. The summed E-state index contributed by atoms with van der Waals surface area (Å²) in [6.07, 6.45) is 18.5. The Labute approximate surface area is 746 Å². The van der Waals surface area contributed by atoms with Crippen LogP contribution in [0.4, 0.5) is 23.1 Å². The van der Waals surface area contributed by atoms with Gasteiger partial charge in [-0.2, -0.15) is 35.3 Å². The first-order valence-electron chi connectivity index (χ1n) is 39.1. The van der Waals surface area contributed by atoms with Gasteiger partial charge in [0.15, 0.2) is 64.0 Å². The minimum atomic E-state index is -1.08. The number of nitrogens with zero attached hydrogens (tertiary/aromatic N) is 19. The van der Waals surface area contributed by atoms with Crippen LogP contribution >= 0.6 is 42.1 Å². The molecule has 3 saturated heterocycles. The Hall–Kier alpha value is -12.8. The van der Waals surface area contributed by atoms with Gasteiger partial charge in [0.25, 0.3) is 11.0 Å². The Kier molecular flexibility index (Phi) is 41.1. The summed E-state index contributed by atoms with van der Waals surface area (Å²) in [5, 5.41) is 52.2. The molecule has 1 amide bonds. The Morgan fingerprint density at radius 1 is 0.709 bits per heavy atom. The van der Waals surface area contributed by atoms with Crippen molar-refractivity contribution in [1.82, 2.24) is 79.4 Å². The monoisotopic (exact) mass is 1820 g/mol. The van der Waals surface area contributed by atoms with Crippen molar-refractivity contribution in [2.75, 3.05) is 45.9 Å². The van der Waals surface area contributed by atoms with Crippen LogP contribution in [0.25, 0.3) is 99.2 Å². The predicted octanol–water partition coefficient (Wildman–Crippen LogP) is 15.5. The van der Waals surface area contributed by atoms with Crippen LogP contribution in [0.5, 0.6) is 0 Å². The summed E-state index contributed by atoms with van der Waals surface area (Å²) in [7, 11) is 4.04. The van der Waals surface area contributed by atoms with E-state index in [0.717, 1.165) is 31.4 Å². The fourth-order valence-corrected chi connectivity index (χ4v) is 15.6. The number of aromatic amines is 2. The first kappa shape index (κ1) is 101. The van der Waals surface area contributed by atoms with Gasteiger partial charge in [-0.1, -0.05) is 39.3 Å². The maximum atomic E-state index is 10.2. The zero-order chi connectivity index (χ0) is 92.8. The van der Waals surface area contributed by atoms with E-state index in [1.165, 1.54) is 44.7 Å². The number of rotatable bonds is 20. The van der Waals surface area contributed by atoms with Crippen LogP contribution in [0.3, 0.4) is 0 Å². The van der Waals surface area contributed by atoms with Crippen molar-refractivity contribution in [1.29, 1.82) is 5.26 Å². The third kappa shape index (κ3) is 27.6. The lowest BCUT2D eigenvalue weighted by Gasteiger charge is -2.32. The number of nitriles is 1. The van der Waals surface area contributed by atoms with E-state index in [2.05, 4.69) is 157 Å².